The summed E-state index contributed by atoms with van der Waals surface area (Å²) >= 11 is 1.73. The Labute approximate surface area is 126 Å². The molecule has 0 aliphatic rings. The van der Waals surface area contributed by atoms with Crippen molar-refractivity contribution in [3.8, 4) is 0 Å². The SMILES string of the molecule is CCC(CC)(c1ccccc1)C(O)CCc1ccsc1. The van der Waals surface area contributed by atoms with Gasteiger partial charge in [-0.2, -0.15) is 11.3 Å². The summed E-state index contributed by atoms with van der Waals surface area (Å²) in [6.07, 6.45) is 3.43. The van der Waals surface area contributed by atoms with Crippen LogP contribution in [0.1, 0.15) is 44.2 Å². The lowest BCUT2D eigenvalue weighted by Crippen LogP contribution is -2.39. The van der Waals surface area contributed by atoms with Crippen molar-refractivity contribution in [1.82, 2.24) is 0 Å². The van der Waals surface area contributed by atoms with E-state index < -0.39 is 0 Å². The molecule has 1 atom stereocenters. The van der Waals surface area contributed by atoms with E-state index >= 15 is 0 Å². The van der Waals surface area contributed by atoms with E-state index in [0.717, 1.165) is 25.7 Å². The summed E-state index contributed by atoms with van der Waals surface area (Å²) in [4.78, 5) is 0. The van der Waals surface area contributed by atoms with Crippen molar-refractivity contribution < 1.29 is 5.11 Å². The maximum Gasteiger partial charge on any atom is 0.0639 e. The van der Waals surface area contributed by atoms with Crippen LogP contribution in [0.25, 0.3) is 0 Å². The first-order valence-electron chi connectivity index (χ1n) is 7.47. The van der Waals surface area contributed by atoms with E-state index in [-0.39, 0.29) is 11.5 Å². The van der Waals surface area contributed by atoms with Crippen molar-refractivity contribution >= 4 is 11.3 Å². The van der Waals surface area contributed by atoms with Gasteiger partial charge in [-0.25, -0.2) is 0 Å². The number of aliphatic hydroxyl groups is 1. The second-order valence-corrected chi connectivity index (χ2v) is 6.20. The third-order valence-corrected chi connectivity index (χ3v) is 5.27. The van der Waals surface area contributed by atoms with E-state index in [2.05, 4.69) is 54.9 Å². The minimum atomic E-state index is -0.292. The largest absolute Gasteiger partial charge is 0.392 e. The van der Waals surface area contributed by atoms with E-state index in [1.165, 1.54) is 11.1 Å². The van der Waals surface area contributed by atoms with Gasteiger partial charge in [0.2, 0.25) is 0 Å². The molecular weight excluding hydrogens is 264 g/mol. The van der Waals surface area contributed by atoms with Gasteiger partial charge in [0, 0.05) is 5.41 Å². The molecule has 20 heavy (non-hydrogen) atoms. The van der Waals surface area contributed by atoms with Gasteiger partial charge in [0.1, 0.15) is 0 Å². The van der Waals surface area contributed by atoms with Crippen molar-refractivity contribution in [3.05, 3.63) is 58.3 Å². The van der Waals surface area contributed by atoms with Crippen molar-refractivity contribution in [1.29, 1.82) is 0 Å². The summed E-state index contributed by atoms with van der Waals surface area (Å²) in [7, 11) is 0. The highest BCUT2D eigenvalue weighted by molar-refractivity contribution is 7.07. The zero-order valence-corrected chi connectivity index (χ0v) is 13.2. The molecule has 2 heteroatoms. The fourth-order valence-corrected chi connectivity index (χ4v) is 3.81. The van der Waals surface area contributed by atoms with Gasteiger partial charge in [-0.1, -0.05) is 44.2 Å². The molecule has 1 aromatic carbocycles. The molecule has 0 spiro atoms. The molecule has 1 heterocycles. The Morgan fingerprint density at radius 1 is 1.10 bits per heavy atom. The van der Waals surface area contributed by atoms with Gasteiger partial charge in [0.25, 0.3) is 0 Å². The number of aryl methyl sites for hydroxylation is 1. The Morgan fingerprint density at radius 2 is 1.80 bits per heavy atom. The number of thiophene rings is 1. The molecule has 108 valence electrons. The van der Waals surface area contributed by atoms with Gasteiger partial charge in [-0.15, -0.1) is 0 Å². The molecule has 2 aromatic rings. The molecule has 0 bridgehead atoms. The van der Waals surface area contributed by atoms with E-state index in [0.29, 0.717) is 0 Å². The molecule has 0 aliphatic carbocycles. The van der Waals surface area contributed by atoms with Crippen LogP contribution < -0.4 is 0 Å². The highest BCUT2D eigenvalue weighted by atomic mass is 32.1. The van der Waals surface area contributed by atoms with Crippen LogP contribution in [0, 0.1) is 0 Å². The Kier molecular flexibility index (Phi) is 5.38. The van der Waals surface area contributed by atoms with E-state index in [1.54, 1.807) is 11.3 Å². The zero-order chi connectivity index (χ0) is 14.4. The van der Waals surface area contributed by atoms with Crippen LogP contribution in [0.15, 0.2) is 47.2 Å². The average Bonchev–Trinajstić information content (AvgIpc) is 3.01. The van der Waals surface area contributed by atoms with E-state index in [1.807, 2.05) is 6.07 Å². The molecule has 2 rings (SSSR count). The minimum Gasteiger partial charge on any atom is -0.392 e. The molecule has 1 aromatic heterocycles. The summed E-state index contributed by atoms with van der Waals surface area (Å²) in [5.74, 6) is 0. The van der Waals surface area contributed by atoms with Crippen LogP contribution in [-0.4, -0.2) is 11.2 Å². The second kappa shape index (κ2) is 7.05. The van der Waals surface area contributed by atoms with Crippen molar-refractivity contribution in [2.24, 2.45) is 0 Å². The number of hydrogen-bond donors (Lipinski definition) is 1. The predicted molar refractivity (Wildman–Crippen MR) is 87.3 cm³/mol. The lowest BCUT2D eigenvalue weighted by molar-refractivity contribution is 0.0658. The highest BCUT2D eigenvalue weighted by Gasteiger charge is 2.35. The maximum atomic E-state index is 10.8. The quantitative estimate of drug-likeness (QED) is 0.776. The molecule has 0 saturated carbocycles. The van der Waals surface area contributed by atoms with Crippen molar-refractivity contribution in [2.45, 2.75) is 51.0 Å². The first-order chi connectivity index (χ1) is 9.73. The Balaban J connectivity index is 2.15. The van der Waals surface area contributed by atoms with E-state index in [9.17, 15) is 5.11 Å². The molecule has 0 radical (unpaired) electrons. The van der Waals surface area contributed by atoms with Crippen LogP contribution in [0.3, 0.4) is 0 Å². The second-order valence-electron chi connectivity index (χ2n) is 5.42. The zero-order valence-electron chi connectivity index (χ0n) is 12.4. The molecule has 1 unspecified atom stereocenters. The normalized spacial score (nSPS) is 13.3. The molecule has 1 nitrogen and oxygen atoms in total. The molecule has 1 N–H and O–H groups in total. The van der Waals surface area contributed by atoms with Gasteiger partial charge < -0.3 is 5.11 Å². The monoisotopic (exact) mass is 288 g/mol. The van der Waals surface area contributed by atoms with Gasteiger partial charge >= 0.3 is 0 Å². The number of rotatable bonds is 7. The summed E-state index contributed by atoms with van der Waals surface area (Å²) in [6, 6.07) is 12.6. The van der Waals surface area contributed by atoms with Crippen LogP contribution in [-0.2, 0) is 11.8 Å². The first-order valence-corrected chi connectivity index (χ1v) is 8.42. The molecule has 0 saturated heterocycles. The highest BCUT2D eigenvalue weighted by Crippen LogP contribution is 2.37. The van der Waals surface area contributed by atoms with E-state index in [4.69, 9.17) is 0 Å². The maximum absolute atomic E-state index is 10.8. The Morgan fingerprint density at radius 3 is 2.35 bits per heavy atom. The topological polar surface area (TPSA) is 20.2 Å². The summed E-state index contributed by atoms with van der Waals surface area (Å²) < 4.78 is 0. The lowest BCUT2D eigenvalue weighted by Gasteiger charge is -2.37. The van der Waals surface area contributed by atoms with Gasteiger partial charge in [0.15, 0.2) is 0 Å². The van der Waals surface area contributed by atoms with Gasteiger partial charge in [-0.05, 0) is 53.6 Å². The Bertz CT molecular complexity index is 485. The van der Waals surface area contributed by atoms with Crippen LogP contribution in [0.5, 0.6) is 0 Å². The molecule has 0 amide bonds. The molecular formula is C18H24OS. The smallest absolute Gasteiger partial charge is 0.0639 e. The number of hydrogen-bond acceptors (Lipinski definition) is 2. The third-order valence-electron chi connectivity index (χ3n) is 4.53. The first kappa shape index (κ1) is 15.3. The van der Waals surface area contributed by atoms with Gasteiger partial charge in [-0.3, -0.25) is 0 Å². The van der Waals surface area contributed by atoms with Crippen LogP contribution >= 0.6 is 11.3 Å². The minimum absolute atomic E-state index is 0.114. The third kappa shape index (κ3) is 3.13. The summed E-state index contributed by atoms with van der Waals surface area (Å²) in [5, 5.41) is 15.1. The number of aliphatic hydroxyl groups excluding tert-OH is 1. The fourth-order valence-electron chi connectivity index (χ4n) is 3.11. The molecule has 0 aliphatic heterocycles. The Hall–Kier alpha value is -1.12. The lowest BCUT2D eigenvalue weighted by atomic mass is 9.70. The summed E-state index contributed by atoms with van der Waals surface area (Å²) in [5.41, 5.74) is 2.49. The fraction of sp³-hybridized carbons (Fsp3) is 0.444. The predicted octanol–water partition coefficient (Wildman–Crippen LogP) is 4.80. The summed E-state index contributed by atoms with van der Waals surface area (Å²) in [6.45, 7) is 4.37. The van der Waals surface area contributed by atoms with Gasteiger partial charge in [0.05, 0.1) is 6.10 Å². The molecule has 0 fully saturated rings. The standard InChI is InChI=1S/C18H24OS/c1-3-18(4-2,16-8-6-5-7-9-16)17(19)11-10-15-12-13-20-14-15/h5-9,12-14,17,19H,3-4,10-11H2,1-2H3. The van der Waals surface area contributed by atoms with Crippen LogP contribution in [0.2, 0.25) is 0 Å². The average molecular weight is 288 g/mol. The van der Waals surface area contributed by atoms with Crippen molar-refractivity contribution in [3.63, 3.8) is 0 Å². The number of benzene rings is 1. The van der Waals surface area contributed by atoms with Crippen LogP contribution in [0.4, 0.5) is 0 Å². The van der Waals surface area contributed by atoms with Crippen molar-refractivity contribution in [2.75, 3.05) is 0 Å².